The molecular weight excluding hydrogens is 331 g/mol. The Balaban J connectivity index is 1.70. The average Bonchev–Trinajstić information content (AvgIpc) is 3.44. The molecule has 140 valence electrons. The van der Waals surface area contributed by atoms with Gasteiger partial charge in [0.05, 0.1) is 11.9 Å². The number of nitrogens with one attached hydrogen (secondary N) is 2. The van der Waals surface area contributed by atoms with Gasteiger partial charge >= 0.3 is 0 Å². The van der Waals surface area contributed by atoms with Crippen molar-refractivity contribution in [2.24, 2.45) is 23.0 Å². The minimum absolute atomic E-state index is 0.0387. The summed E-state index contributed by atoms with van der Waals surface area (Å²) in [7, 11) is 0. The number of pyridine rings is 1. The molecule has 0 aromatic carbocycles. The van der Waals surface area contributed by atoms with Gasteiger partial charge in [0.1, 0.15) is 5.69 Å². The monoisotopic (exact) mass is 358 g/mol. The van der Waals surface area contributed by atoms with Gasteiger partial charge in [0.25, 0.3) is 0 Å². The first-order valence-electron chi connectivity index (χ1n) is 9.19. The lowest BCUT2D eigenvalue weighted by Crippen LogP contribution is -2.23. The highest BCUT2D eigenvalue weighted by Crippen LogP contribution is 2.59. The van der Waals surface area contributed by atoms with Crippen LogP contribution in [0.2, 0.25) is 0 Å². The van der Waals surface area contributed by atoms with Crippen molar-refractivity contribution in [1.82, 2.24) is 4.98 Å². The first-order chi connectivity index (χ1) is 12.2. The molecule has 1 unspecified atom stereocenters. The largest absolute Gasteiger partial charge is 0.402 e. The van der Waals surface area contributed by atoms with Crippen LogP contribution in [-0.2, 0) is 4.79 Å². The van der Waals surface area contributed by atoms with E-state index in [-0.39, 0.29) is 22.9 Å². The van der Waals surface area contributed by atoms with E-state index in [1.807, 2.05) is 0 Å². The summed E-state index contributed by atoms with van der Waals surface area (Å²) in [6.07, 6.45) is 6.74. The number of carbonyl (C=O) groups is 1. The zero-order valence-corrected chi connectivity index (χ0v) is 15.7. The lowest BCUT2D eigenvalue weighted by atomic mass is 9.83. The van der Waals surface area contributed by atoms with Gasteiger partial charge in [-0.2, -0.15) is 0 Å². The molecule has 2 aliphatic carbocycles. The van der Waals surface area contributed by atoms with Gasteiger partial charge in [-0.15, -0.1) is 0 Å². The first-order valence-corrected chi connectivity index (χ1v) is 9.19. The van der Waals surface area contributed by atoms with E-state index >= 15 is 0 Å². The summed E-state index contributed by atoms with van der Waals surface area (Å²) in [5.41, 5.74) is 7.22. The highest BCUT2D eigenvalue weighted by Gasteiger charge is 2.51. The van der Waals surface area contributed by atoms with Crippen molar-refractivity contribution in [3.63, 3.8) is 0 Å². The van der Waals surface area contributed by atoms with Crippen LogP contribution in [0.15, 0.2) is 18.0 Å². The Labute approximate surface area is 153 Å². The van der Waals surface area contributed by atoms with Gasteiger partial charge in [0, 0.05) is 29.5 Å². The molecule has 3 rings (SSSR count). The van der Waals surface area contributed by atoms with Gasteiger partial charge in [0.15, 0.2) is 5.82 Å². The number of allylic oxidation sites excluding steroid dienone is 2. The third-order valence-electron chi connectivity index (χ3n) is 5.66. The molecule has 0 saturated heterocycles. The number of hydrogen-bond donors (Lipinski definition) is 3. The molecule has 1 aromatic rings. The van der Waals surface area contributed by atoms with Gasteiger partial charge in [0.2, 0.25) is 5.91 Å². The SMILES string of the molecule is CC(=N)C(=C(C)N)c1ncc(NC(=O)CC(C2CC2)C2(C)CC2)cc1F. The molecule has 0 radical (unpaired) electrons. The Morgan fingerprint density at radius 1 is 1.46 bits per heavy atom. The van der Waals surface area contributed by atoms with E-state index in [2.05, 4.69) is 17.2 Å². The van der Waals surface area contributed by atoms with Crippen LogP contribution in [0.3, 0.4) is 0 Å². The van der Waals surface area contributed by atoms with Crippen molar-refractivity contribution in [3.8, 4) is 0 Å². The third kappa shape index (κ3) is 3.94. The standard InChI is InChI=1S/C20H27FN4O/c1-11(22)18(12(2)23)19-16(21)8-14(10-24-19)25-17(26)9-15(13-4-5-13)20(3)6-7-20/h8,10,13,15,22H,4-7,9,23H2,1-3H3,(H,25,26). The Bertz CT molecular complexity index is 774. The van der Waals surface area contributed by atoms with Crippen molar-refractivity contribution in [2.45, 2.75) is 52.9 Å². The summed E-state index contributed by atoms with van der Waals surface area (Å²) in [4.78, 5) is 16.5. The predicted octanol–water partition coefficient (Wildman–Crippen LogP) is 4.10. The van der Waals surface area contributed by atoms with Crippen LogP contribution in [-0.4, -0.2) is 16.6 Å². The molecule has 2 fully saturated rings. The number of aromatic nitrogens is 1. The molecule has 2 saturated carbocycles. The van der Waals surface area contributed by atoms with E-state index < -0.39 is 5.82 Å². The third-order valence-corrected chi connectivity index (χ3v) is 5.66. The van der Waals surface area contributed by atoms with E-state index in [1.54, 1.807) is 13.8 Å². The Kier molecular flexibility index (Phi) is 4.86. The van der Waals surface area contributed by atoms with Crippen molar-refractivity contribution < 1.29 is 9.18 Å². The van der Waals surface area contributed by atoms with Crippen LogP contribution in [0.5, 0.6) is 0 Å². The molecule has 26 heavy (non-hydrogen) atoms. The summed E-state index contributed by atoms with van der Waals surface area (Å²) in [5, 5.41) is 10.5. The van der Waals surface area contributed by atoms with Gasteiger partial charge in [-0.05, 0) is 56.8 Å². The van der Waals surface area contributed by atoms with E-state index in [0.717, 1.165) is 0 Å². The van der Waals surface area contributed by atoms with Crippen LogP contribution in [0.25, 0.3) is 5.57 Å². The fraction of sp³-hybridized carbons (Fsp3) is 0.550. The number of halogens is 1. The number of hydrogen-bond acceptors (Lipinski definition) is 4. The number of anilines is 1. The van der Waals surface area contributed by atoms with Gasteiger partial charge in [-0.25, -0.2) is 4.39 Å². The fourth-order valence-electron chi connectivity index (χ4n) is 3.81. The Morgan fingerprint density at radius 3 is 2.58 bits per heavy atom. The van der Waals surface area contributed by atoms with E-state index in [1.165, 1.54) is 37.9 Å². The molecule has 1 atom stereocenters. The second-order valence-electron chi connectivity index (χ2n) is 8.09. The van der Waals surface area contributed by atoms with Crippen molar-refractivity contribution in [1.29, 1.82) is 5.41 Å². The number of carbonyl (C=O) groups excluding carboxylic acids is 1. The number of nitrogens with two attached hydrogens (primary N) is 1. The van der Waals surface area contributed by atoms with Crippen LogP contribution < -0.4 is 11.1 Å². The minimum Gasteiger partial charge on any atom is -0.402 e. The summed E-state index contributed by atoms with van der Waals surface area (Å²) in [6.45, 7) is 5.42. The molecule has 1 heterocycles. The lowest BCUT2D eigenvalue weighted by molar-refractivity contribution is -0.117. The van der Waals surface area contributed by atoms with Crippen LogP contribution in [0.1, 0.15) is 58.6 Å². The van der Waals surface area contributed by atoms with Gasteiger partial charge in [-0.3, -0.25) is 9.78 Å². The van der Waals surface area contributed by atoms with Gasteiger partial charge in [-0.1, -0.05) is 6.92 Å². The molecule has 0 aliphatic heterocycles. The summed E-state index contributed by atoms with van der Waals surface area (Å²) >= 11 is 0. The van der Waals surface area contributed by atoms with E-state index in [4.69, 9.17) is 11.1 Å². The normalized spacial score (nSPS) is 20.2. The highest BCUT2D eigenvalue weighted by molar-refractivity contribution is 6.21. The molecule has 0 bridgehead atoms. The Hall–Kier alpha value is -2.24. The highest BCUT2D eigenvalue weighted by atomic mass is 19.1. The van der Waals surface area contributed by atoms with Gasteiger partial charge < -0.3 is 16.5 Å². The zero-order chi connectivity index (χ0) is 19.1. The quantitative estimate of drug-likeness (QED) is 0.641. The number of rotatable bonds is 7. The van der Waals surface area contributed by atoms with Crippen LogP contribution in [0.4, 0.5) is 10.1 Å². The smallest absolute Gasteiger partial charge is 0.224 e. The van der Waals surface area contributed by atoms with E-state index in [0.29, 0.717) is 35.1 Å². The molecule has 0 spiro atoms. The summed E-state index contributed by atoms with van der Waals surface area (Å²) < 4.78 is 14.5. The van der Waals surface area contributed by atoms with Crippen molar-refractivity contribution in [3.05, 3.63) is 29.5 Å². The molecule has 4 N–H and O–H groups in total. The predicted molar refractivity (Wildman–Crippen MR) is 101 cm³/mol. The maximum atomic E-state index is 14.5. The average molecular weight is 358 g/mol. The van der Waals surface area contributed by atoms with Crippen LogP contribution >= 0.6 is 0 Å². The maximum absolute atomic E-state index is 14.5. The second kappa shape index (κ2) is 6.82. The molecule has 5 nitrogen and oxygen atoms in total. The van der Waals surface area contributed by atoms with E-state index in [9.17, 15) is 9.18 Å². The zero-order valence-electron chi connectivity index (χ0n) is 15.7. The Morgan fingerprint density at radius 2 is 2.12 bits per heavy atom. The van der Waals surface area contributed by atoms with Crippen molar-refractivity contribution >= 4 is 22.9 Å². The first kappa shape index (κ1) is 18.5. The molecular formula is C20H27FN4O. The lowest BCUT2D eigenvalue weighted by Gasteiger charge is -2.22. The fourth-order valence-corrected chi connectivity index (χ4v) is 3.81. The molecule has 1 aromatic heterocycles. The summed E-state index contributed by atoms with van der Waals surface area (Å²) in [6, 6.07) is 1.25. The minimum atomic E-state index is -0.595. The topological polar surface area (TPSA) is 91.9 Å². The van der Waals surface area contributed by atoms with Crippen molar-refractivity contribution in [2.75, 3.05) is 5.32 Å². The van der Waals surface area contributed by atoms with Crippen LogP contribution in [0, 0.1) is 28.5 Å². The molecule has 2 aliphatic rings. The number of nitrogens with zero attached hydrogens (tertiary/aromatic N) is 1. The second-order valence-corrected chi connectivity index (χ2v) is 8.09. The number of amides is 1. The summed E-state index contributed by atoms with van der Waals surface area (Å²) in [5.74, 6) is 0.413. The maximum Gasteiger partial charge on any atom is 0.224 e. The molecule has 1 amide bonds. The molecule has 6 heteroatoms.